The normalized spacial score (nSPS) is 10.2. The number of urea groups is 1. The molecule has 0 radical (unpaired) electrons. The highest BCUT2D eigenvalue weighted by molar-refractivity contribution is 6.30. The Hall–Kier alpha value is -3.39. The van der Waals surface area contributed by atoms with Gasteiger partial charge in [0.2, 0.25) is 0 Å². The van der Waals surface area contributed by atoms with Gasteiger partial charge in [0, 0.05) is 36.1 Å². The predicted molar refractivity (Wildman–Crippen MR) is 111 cm³/mol. The number of amides is 2. The Labute approximate surface area is 167 Å². The van der Waals surface area contributed by atoms with Crippen LogP contribution in [0.15, 0.2) is 55.0 Å². The Morgan fingerprint density at radius 3 is 2.64 bits per heavy atom. The van der Waals surface area contributed by atoms with E-state index in [1.165, 1.54) is 6.33 Å². The molecule has 2 amide bonds. The zero-order chi connectivity index (χ0) is 19.8. The first-order valence-electron chi connectivity index (χ1n) is 8.64. The lowest BCUT2D eigenvalue weighted by Crippen LogP contribution is -2.32. The summed E-state index contributed by atoms with van der Waals surface area (Å²) < 4.78 is 0. The van der Waals surface area contributed by atoms with Crippen LogP contribution in [0.5, 0.6) is 0 Å². The zero-order valence-electron chi connectivity index (χ0n) is 15.2. The number of rotatable bonds is 7. The van der Waals surface area contributed by atoms with Gasteiger partial charge in [-0.25, -0.2) is 19.7 Å². The van der Waals surface area contributed by atoms with E-state index in [0.29, 0.717) is 41.3 Å². The molecule has 144 valence electrons. The molecule has 0 saturated heterocycles. The fourth-order valence-electron chi connectivity index (χ4n) is 2.37. The van der Waals surface area contributed by atoms with Gasteiger partial charge in [-0.05, 0) is 42.8 Å². The van der Waals surface area contributed by atoms with E-state index in [2.05, 4.69) is 36.2 Å². The molecule has 0 atom stereocenters. The topological polar surface area (TPSA) is 104 Å². The van der Waals surface area contributed by atoms with Crippen molar-refractivity contribution < 1.29 is 4.79 Å². The maximum absolute atomic E-state index is 11.9. The number of benzene rings is 1. The number of aromatic nitrogens is 3. The molecule has 0 aliphatic rings. The monoisotopic (exact) mass is 397 g/mol. The summed E-state index contributed by atoms with van der Waals surface area (Å²) in [5.41, 5.74) is 1.74. The third-order valence-corrected chi connectivity index (χ3v) is 3.87. The minimum atomic E-state index is -0.306. The van der Waals surface area contributed by atoms with Crippen LogP contribution in [0.1, 0.15) is 5.56 Å². The second-order valence-electron chi connectivity index (χ2n) is 5.95. The smallest absolute Gasteiger partial charge is 0.319 e. The lowest BCUT2D eigenvalue weighted by Gasteiger charge is -2.10. The number of aryl methyl sites for hydroxylation is 1. The van der Waals surface area contributed by atoms with E-state index in [0.717, 1.165) is 5.56 Å². The lowest BCUT2D eigenvalue weighted by atomic mass is 10.3. The number of pyridine rings is 1. The van der Waals surface area contributed by atoms with Crippen LogP contribution in [0.25, 0.3) is 0 Å². The molecule has 0 saturated carbocycles. The Morgan fingerprint density at radius 1 is 1.00 bits per heavy atom. The van der Waals surface area contributed by atoms with Crippen molar-refractivity contribution in [1.29, 1.82) is 0 Å². The fraction of sp³-hybridized carbons (Fsp3) is 0.158. The number of carbonyl (C=O) groups is 1. The van der Waals surface area contributed by atoms with Crippen molar-refractivity contribution in [2.75, 3.05) is 29.0 Å². The Morgan fingerprint density at radius 2 is 1.82 bits per heavy atom. The summed E-state index contributed by atoms with van der Waals surface area (Å²) in [4.78, 5) is 24.5. The number of nitrogens with zero attached hydrogens (tertiary/aromatic N) is 3. The van der Waals surface area contributed by atoms with Crippen molar-refractivity contribution >= 4 is 40.8 Å². The molecule has 3 rings (SSSR count). The molecule has 0 unspecified atom stereocenters. The standard InChI is InChI=1S/C19H20ClN7O/c1-13-5-6-21-17(9-13)27-18-11-16(24-12-25-18)22-7-8-23-19(28)26-15-4-2-3-14(20)10-15/h2-6,9-12H,7-8H2,1H3,(H2,23,26,28)(H2,21,22,24,25,27). The van der Waals surface area contributed by atoms with Crippen molar-refractivity contribution in [3.63, 3.8) is 0 Å². The number of carbonyl (C=O) groups excluding carboxylic acids is 1. The predicted octanol–water partition coefficient (Wildman–Crippen LogP) is 3.81. The largest absolute Gasteiger partial charge is 0.368 e. The van der Waals surface area contributed by atoms with Crippen LogP contribution < -0.4 is 21.3 Å². The van der Waals surface area contributed by atoms with Gasteiger partial charge in [-0.2, -0.15) is 0 Å². The highest BCUT2D eigenvalue weighted by Crippen LogP contribution is 2.15. The first-order valence-corrected chi connectivity index (χ1v) is 9.02. The van der Waals surface area contributed by atoms with E-state index < -0.39 is 0 Å². The first-order chi connectivity index (χ1) is 13.6. The fourth-order valence-corrected chi connectivity index (χ4v) is 2.56. The van der Waals surface area contributed by atoms with Gasteiger partial charge in [-0.3, -0.25) is 0 Å². The lowest BCUT2D eigenvalue weighted by molar-refractivity contribution is 0.252. The minimum absolute atomic E-state index is 0.306. The number of halogens is 1. The van der Waals surface area contributed by atoms with Crippen molar-refractivity contribution in [3.8, 4) is 0 Å². The highest BCUT2D eigenvalue weighted by atomic mass is 35.5. The van der Waals surface area contributed by atoms with Gasteiger partial charge in [0.15, 0.2) is 0 Å². The van der Waals surface area contributed by atoms with Crippen LogP contribution in [-0.4, -0.2) is 34.1 Å². The van der Waals surface area contributed by atoms with Crippen molar-refractivity contribution in [1.82, 2.24) is 20.3 Å². The van der Waals surface area contributed by atoms with Crippen LogP contribution in [-0.2, 0) is 0 Å². The quantitative estimate of drug-likeness (QED) is 0.452. The molecule has 9 heteroatoms. The molecule has 2 aromatic heterocycles. The van der Waals surface area contributed by atoms with E-state index in [-0.39, 0.29) is 6.03 Å². The molecule has 4 N–H and O–H groups in total. The molecule has 28 heavy (non-hydrogen) atoms. The van der Waals surface area contributed by atoms with Crippen LogP contribution >= 0.6 is 11.6 Å². The van der Waals surface area contributed by atoms with E-state index >= 15 is 0 Å². The number of hydrogen-bond donors (Lipinski definition) is 4. The van der Waals surface area contributed by atoms with E-state index in [9.17, 15) is 4.79 Å². The summed E-state index contributed by atoms with van der Waals surface area (Å²) in [7, 11) is 0. The maximum Gasteiger partial charge on any atom is 0.319 e. The molecule has 0 spiro atoms. The molecule has 0 aliphatic carbocycles. The second-order valence-corrected chi connectivity index (χ2v) is 6.39. The second kappa shape index (κ2) is 9.52. The SMILES string of the molecule is Cc1ccnc(Nc2cc(NCCNC(=O)Nc3cccc(Cl)c3)ncn2)c1. The van der Waals surface area contributed by atoms with Crippen LogP contribution in [0.2, 0.25) is 5.02 Å². The van der Waals surface area contributed by atoms with Crippen LogP contribution in [0, 0.1) is 6.92 Å². The molecule has 0 bridgehead atoms. The Bertz CT molecular complexity index is 951. The average molecular weight is 398 g/mol. The van der Waals surface area contributed by atoms with Gasteiger partial charge < -0.3 is 21.3 Å². The summed E-state index contributed by atoms with van der Waals surface area (Å²) in [6.45, 7) is 2.91. The molecule has 3 aromatic rings. The van der Waals surface area contributed by atoms with Gasteiger partial charge >= 0.3 is 6.03 Å². The average Bonchev–Trinajstić information content (AvgIpc) is 2.66. The number of anilines is 4. The van der Waals surface area contributed by atoms with E-state index in [4.69, 9.17) is 11.6 Å². The molecule has 8 nitrogen and oxygen atoms in total. The molecule has 1 aromatic carbocycles. The van der Waals surface area contributed by atoms with Gasteiger partial charge in [-0.15, -0.1) is 0 Å². The van der Waals surface area contributed by atoms with Gasteiger partial charge in [-0.1, -0.05) is 17.7 Å². The van der Waals surface area contributed by atoms with Crippen molar-refractivity contribution in [2.45, 2.75) is 6.92 Å². The third kappa shape index (κ3) is 6.10. The van der Waals surface area contributed by atoms with Crippen molar-refractivity contribution in [3.05, 3.63) is 65.6 Å². The van der Waals surface area contributed by atoms with Crippen LogP contribution in [0.4, 0.5) is 27.9 Å². The van der Waals surface area contributed by atoms with E-state index in [1.807, 2.05) is 19.1 Å². The first kappa shape index (κ1) is 19.4. The molecular weight excluding hydrogens is 378 g/mol. The van der Waals surface area contributed by atoms with Crippen LogP contribution in [0.3, 0.4) is 0 Å². The number of nitrogens with one attached hydrogen (secondary N) is 4. The maximum atomic E-state index is 11.9. The third-order valence-electron chi connectivity index (χ3n) is 3.64. The minimum Gasteiger partial charge on any atom is -0.368 e. The van der Waals surface area contributed by atoms with Gasteiger partial charge in [0.1, 0.15) is 23.8 Å². The highest BCUT2D eigenvalue weighted by Gasteiger charge is 2.03. The van der Waals surface area contributed by atoms with Crippen molar-refractivity contribution in [2.24, 2.45) is 0 Å². The number of hydrogen-bond acceptors (Lipinski definition) is 6. The Balaban J connectivity index is 1.44. The summed E-state index contributed by atoms with van der Waals surface area (Å²) in [5.74, 6) is 1.98. The molecule has 0 aliphatic heterocycles. The summed E-state index contributed by atoms with van der Waals surface area (Å²) >= 11 is 5.89. The summed E-state index contributed by atoms with van der Waals surface area (Å²) in [6, 6.07) is 12.3. The molecule has 0 fully saturated rings. The molecule has 2 heterocycles. The van der Waals surface area contributed by atoms with Gasteiger partial charge in [0.05, 0.1) is 0 Å². The molecular formula is C19H20ClN7O. The summed E-state index contributed by atoms with van der Waals surface area (Å²) in [5, 5.41) is 12.3. The van der Waals surface area contributed by atoms with E-state index in [1.54, 1.807) is 36.5 Å². The summed E-state index contributed by atoms with van der Waals surface area (Å²) in [6.07, 6.45) is 3.19. The Kier molecular flexibility index (Phi) is 6.59. The zero-order valence-corrected chi connectivity index (χ0v) is 16.0. The van der Waals surface area contributed by atoms with Gasteiger partial charge in [0.25, 0.3) is 0 Å².